The quantitative estimate of drug-likeness (QED) is 0.666. The highest BCUT2D eigenvalue weighted by atomic mass is 32.2. The van der Waals surface area contributed by atoms with Crippen molar-refractivity contribution in [2.24, 2.45) is 0 Å². The van der Waals surface area contributed by atoms with Crippen molar-refractivity contribution in [3.63, 3.8) is 0 Å². The molecule has 0 fully saturated rings. The van der Waals surface area contributed by atoms with Gasteiger partial charge in [-0.3, -0.25) is 4.79 Å². The fourth-order valence-electron chi connectivity index (χ4n) is 2.88. The van der Waals surface area contributed by atoms with Crippen molar-refractivity contribution in [2.75, 3.05) is 18.2 Å². The molecule has 1 aliphatic carbocycles. The molecule has 0 unspecified atom stereocenters. The fourth-order valence-corrected chi connectivity index (χ4v) is 3.59. The van der Waals surface area contributed by atoms with E-state index in [0.29, 0.717) is 16.6 Å². The Kier molecular flexibility index (Phi) is 5.35. The van der Waals surface area contributed by atoms with Gasteiger partial charge in [0.2, 0.25) is 5.91 Å². The minimum Gasteiger partial charge on any atom is -0.495 e. The van der Waals surface area contributed by atoms with E-state index >= 15 is 0 Å². The third-order valence-electron chi connectivity index (χ3n) is 4.08. The lowest BCUT2D eigenvalue weighted by atomic mass is 9.95. The second-order valence-corrected chi connectivity index (χ2v) is 6.70. The fraction of sp³-hybridized carbons (Fsp3) is 0.389. The van der Waals surface area contributed by atoms with Crippen LogP contribution >= 0.6 is 11.8 Å². The van der Waals surface area contributed by atoms with Crippen LogP contribution in [-0.2, 0) is 17.6 Å². The molecule has 0 aliphatic heterocycles. The van der Waals surface area contributed by atoms with Crippen molar-refractivity contribution in [2.45, 2.75) is 37.8 Å². The Hall–Kier alpha value is -2.08. The molecule has 0 radical (unpaired) electrons. The number of carbonyl (C=O) groups excluding carboxylic acids is 1. The van der Waals surface area contributed by atoms with Gasteiger partial charge in [0.25, 0.3) is 0 Å². The topological polar surface area (TPSA) is 64.1 Å². The van der Waals surface area contributed by atoms with Gasteiger partial charge < -0.3 is 10.1 Å². The molecule has 1 heterocycles. The number of nitrogens with zero attached hydrogens (tertiary/aromatic N) is 2. The van der Waals surface area contributed by atoms with E-state index in [2.05, 4.69) is 15.3 Å². The molecule has 24 heavy (non-hydrogen) atoms. The summed E-state index contributed by atoms with van der Waals surface area (Å²) in [7, 11) is 1.59. The first-order valence-corrected chi connectivity index (χ1v) is 9.08. The molecule has 126 valence electrons. The summed E-state index contributed by atoms with van der Waals surface area (Å²) < 4.78 is 5.24. The van der Waals surface area contributed by atoms with E-state index in [0.717, 1.165) is 24.2 Å². The largest absolute Gasteiger partial charge is 0.495 e. The third-order valence-corrected chi connectivity index (χ3v) is 4.93. The second kappa shape index (κ2) is 7.66. The van der Waals surface area contributed by atoms with Gasteiger partial charge in [0.1, 0.15) is 5.75 Å². The number of fused-ring (bicyclic) bond motifs is 1. The predicted octanol–water partition coefficient (Wildman–Crippen LogP) is 3.40. The van der Waals surface area contributed by atoms with E-state index in [1.54, 1.807) is 7.11 Å². The van der Waals surface area contributed by atoms with Crippen molar-refractivity contribution in [3.05, 3.63) is 41.2 Å². The van der Waals surface area contributed by atoms with Gasteiger partial charge >= 0.3 is 0 Å². The number of amides is 1. The number of para-hydroxylation sites is 2. The molecule has 5 nitrogen and oxygen atoms in total. The smallest absolute Gasteiger partial charge is 0.234 e. The molecule has 1 aromatic heterocycles. The zero-order chi connectivity index (χ0) is 16.9. The van der Waals surface area contributed by atoms with Crippen LogP contribution < -0.4 is 10.1 Å². The minimum absolute atomic E-state index is 0.0940. The maximum absolute atomic E-state index is 12.2. The Morgan fingerprint density at radius 3 is 2.88 bits per heavy atom. The van der Waals surface area contributed by atoms with Gasteiger partial charge in [0, 0.05) is 11.4 Å². The summed E-state index contributed by atoms with van der Waals surface area (Å²) in [5, 5.41) is 3.55. The maximum atomic E-state index is 12.2. The van der Waals surface area contributed by atoms with Gasteiger partial charge in [0.05, 0.1) is 18.6 Å². The Morgan fingerprint density at radius 1 is 1.25 bits per heavy atom. The number of hydrogen-bond donors (Lipinski definition) is 1. The summed E-state index contributed by atoms with van der Waals surface area (Å²) in [5.74, 6) is 0.830. The summed E-state index contributed by atoms with van der Waals surface area (Å²) in [6.45, 7) is 2.03. The molecule has 3 rings (SSSR count). The van der Waals surface area contributed by atoms with Gasteiger partial charge in [0.15, 0.2) is 5.16 Å². The van der Waals surface area contributed by atoms with E-state index in [9.17, 15) is 4.79 Å². The highest BCUT2D eigenvalue weighted by molar-refractivity contribution is 7.99. The molecular weight excluding hydrogens is 322 g/mol. The van der Waals surface area contributed by atoms with Crippen molar-refractivity contribution < 1.29 is 9.53 Å². The average molecular weight is 343 g/mol. The Labute approximate surface area is 146 Å². The summed E-state index contributed by atoms with van der Waals surface area (Å²) in [6, 6.07) is 7.37. The molecule has 1 aliphatic rings. The second-order valence-electron chi connectivity index (χ2n) is 5.76. The number of rotatable bonds is 5. The highest BCUT2D eigenvalue weighted by Gasteiger charge is 2.16. The molecule has 0 spiro atoms. The van der Waals surface area contributed by atoms with Gasteiger partial charge in [-0.2, -0.15) is 0 Å². The van der Waals surface area contributed by atoms with E-state index in [4.69, 9.17) is 4.74 Å². The number of hydrogen-bond acceptors (Lipinski definition) is 5. The van der Waals surface area contributed by atoms with Gasteiger partial charge in [-0.25, -0.2) is 9.97 Å². The first-order chi connectivity index (χ1) is 11.7. The first kappa shape index (κ1) is 16.8. The third kappa shape index (κ3) is 3.87. The van der Waals surface area contributed by atoms with Crippen LogP contribution in [0.1, 0.15) is 29.8 Å². The van der Waals surface area contributed by atoms with Gasteiger partial charge in [-0.05, 0) is 50.3 Å². The zero-order valence-corrected chi connectivity index (χ0v) is 14.8. The minimum atomic E-state index is -0.0940. The van der Waals surface area contributed by atoms with Gasteiger partial charge in [-0.1, -0.05) is 23.9 Å². The molecule has 1 aromatic carbocycles. The lowest BCUT2D eigenvalue weighted by Gasteiger charge is -2.17. The number of aryl methyl sites for hydroxylation is 2. The van der Waals surface area contributed by atoms with E-state index < -0.39 is 0 Å². The number of methoxy groups -OCH3 is 1. The summed E-state index contributed by atoms with van der Waals surface area (Å²) >= 11 is 1.37. The number of benzene rings is 1. The van der Waals surface area contributed by atoms with Gasteiger partial charge in [-0.15, -0.1) is 0 Å². The molecule has 0 saturated heterocycles. The Bertz CT molecular complexity index is 749. The van der Waals surface area contributed by atoms with Crippen LogP contribution in [-0.4, -0.2) is 28.7 Å². The van der Waals surface area contributed by atoms with E-state index in [-0.39, 0.29) is 11.7 Å². The Balaban J connectivity index is 1.63. The van der Waals surface area contributed by atoms with Crippen LogP contribution in [0.25, 0.3) is 0 Å². The zero-order valence-electron chi connectivity index (χ0n) is 14.0. The molecule has 6 heteroatoms. The van der Waals surface area contributed by atoms with Crippen LogP contribution in [0.15, 0.2) is 29.4 Å². The molecular formula is C18H21N3O2S. The number of carbonyl (C=O) groups is 1. The monoisotopic (exact) mass is 343 g/mol. The van der Waals surface area contributed by atoms with E-state index in [1.165, 1.54) is 30.2 Å². The van der Waals surface area contributed by atoms with Crippen molar-refractivity contribution in [1.82, 2.24) is 9.97 Å². The lowest BCUT2D eigenvalue weighted by molar-refractivity contribution is -0.113. The SMILES string of the molecule is COc1ccccc1NC(=O)CSc1nc(C)c2c(n1)CCCC2. The highest BCUT2D eigenvalue weighted by Crippen LogP contribution is 2.26. The van der Waals surface area contributed by atoms with E-state index in [1.807, 2.05) is 31.2 Å². The molecule has 1 amide bonds. The Morgan fingerprint density at radius 2 is 2.04 bits per heavy atom. The molecule has 0 atom stereocenters. The number of thioether (sulfide) groups is 1. The maximum Gasteiger partial charge on any atom is 0.234 e. The number of nitrogens with one attached hydrogen (secondary N) is 1. The molecule has 2 aromatic rings. The average Bonchev–Trinajstić information content (AvgIpc) is 2.60. The number of aromatic nitrogens is 2. The lowest BCUT2D eigenvalue weighted by Crippen LogP contribution is -2.15. The van der Waals surface area contributed by atoms with Crippen molar-refractivity contribution in [1.29, 1.82) is 0 Å². The van der Waals surface area contributed by atoms with Crippen LogP contribution in [0, 0.1) is 6.92 Å². The number of anilines is 1. The molecule has 1 N–H and O–H groups in total. The molecule has 0 saturated carbocycles. The standard InChI is InChI=1S/C18H21N3O2S/c1-12-13-7-3-4-8-14(13)21-18(19-12)24-11-17(22)20-15-9-5-6-10-16(15)23-2/h5-6,9-10H,3-4,7-8,11H2,1-2H3,(H,20,22). The summed E-state index contributed by atoms with van der Waals surface area (Å²) in [4.78, 5) is 21.4. The normalized spacial score (nSPS) is 13.2. The summed E-state index contributed by atoms with van der Waals surface area (Å²) in [5.41, 5.74) is 4.17. The summed E-state index contributed by atoms with van der Waals surface area (Å²) in [6.07, 6.45) is 4.48. The van der Waals surface area contributed by atoms with Crippen molar-refractivity contribution >= 4 is 23.4 Å². The van der Waals surface area contributed by atoms with Crippen LogP contribution in [0.3, 0.4) is 0 Å². The predicted molar refractivity (Wildman–Crippen MR) is 95.8 cm³/mol. The van der Waals surface area contributed by atoms with Crippen molar-refractivity contribution in [3.8, 4) is 5.75 Å². The van der Waals surface area contributed by atoms with Crippen LogP contribution in [0.5, 0.6) is 5.75 Å². The number of ether oxygens (including phenoxy) is 1. The molecule has 0 bridgehead atoms. The first-order valence-electron chi connectivity index (χ1n) is 8.09. The van der Waals surface area contributed by atoms with Crippen LogP contribution in [0.4, 0.5) is 5.69 Å². The van der Waals surface area contributed by atoms with Crippen LogP contribution in [0.2, 0.25) is 0 Å².